The molecule has 0 aliphatic carbocycles. The molecule has 1 saturated heterocycles. The number of rotatable bonds is 4. The van der Waals surface area contributed by atoms with Gasteiger partial charge in [0.2, 0.25) is 11.9 Å². The van der Waals surface area contributed by atoms with Gasteiger partial charge in [-0.15, -0.1) is 0 Å². The van der Waals surface area contributed by atoms with Crippen LogP contribution >= 0.6 is 0 Å². The quantitative estimate of drug-likeness (QED) is 0.650. The topological polar surface area (TPSA) is 81.7 Å². The van der Waals surface area contributed by atoms with E-state index >= 15 is 0 Å². The molecule has 8 heteroatoms. The Hall–Kier alpha value is -3.78. The summed E-state index contributed by atoms with van der Waals surface area (Å²) in [7, 11) is 1.78. The number of carbonyl (C=O) groups is 2. The van der Waals surface area contributed by atoms with Crippen molar-refractivity contribution in [1.29, 1.82) is 0 Å². The third kappa shape index (κ3) is 4.24. The summed E-state index contributed by atoms with van der Waals surface area (Å²) in [5.41, 5.74) is 4.76. The fourth-order valence-electron chi connectivity index (χ4n) is 4.49. The summed E-state index contributed by atoms with van der Waals surface area (Å²) in [4.78, 5) is 40.5. The number of carbonyl (C=O) groups excluding carboxylic acids is 2. The van der Waals surface area contributed by atoms with E-state index in [0.717, 1.165) is 60.9 Å². The number of amides is 2. The molecule has 8 nitrogen and oxygen atoms in total. The van der Waals surface area contributed by atoms with E-state index < -0.39 is 0 Å². The van der Waals surface area contributed by atoms with E-state index in [1.807, 2.05) is 53.4 Å². The van der Waals surface area contributed by atoms with Crippen LogP contribution in [0.5, 0.6) is 0 Å². The van der Waals surface area contributed by atoms with Crippen molar-refractivity contribution in [2.45, 2.75) is 13.3 Å². The van der Waals surface area contributed by atoms with Crippen molar-refractivity contribution in [3.63, 3.8) is 0 Å². The molecule has 0 bridgehead atoms. The Morgan fingerprint density at radius 2 is 1.76 bits per heavy atom. The number of hydrogen-bond donors (Lipinski definition) is 1. The number of piperazine rings is 1. The van der Waals surface area contributed by atoms with Crippen LogP contribution in [0.2, 0.25) is 0 Å². The summed E-state index contributed by atoms with van der Waals surface area (Å²) in [6.07, 6.45) is 1.97. The number of para-hydroxylation sites is 1. The average molecular weight is 457 g/mol. The molecule has 2 amide bonds. The molecule has 174 valence electrons. The maximum absolute atomic E-state index is 12.9. The Balaban J connectivity index is 1.34. The van der Waals surface area contributed by atoms with Crippen LogP contribution in [0, 0.1) is 0 Å². The molecule has 0 saturated carbocycles. The molecule has 1 aromatic heterocycles. The van der Waals surface area contributed by atoms with Crippen LogP contribution in [-0.4, -0.2) is 71.4 Å². The van der Waals surface area contributed by atoms with E-state index in [9.17, 15) is 9.59 Å². The lowest BCUT2D eigenvalue weighted by atomic mass is 10.1. The van der Waals surface area contributed by atoms with Crippen LogP contribution in [0.4, 0.5) is 17.3 Å². The highest BCUT2D eigenvalue weighted by Crippen LogP contribution is 2.35. The van der Waals surface area contributed by atoms with Gasteiger partial charge in [-0.05, 0) is 36.9 Å². The van der Waals surface area contributed by atoms with E-state index in [-0.39, 0.29) is 18.2 Å². The average Bonchev–Trinajstić information content (AvgIpc) is 2.99. The zero-order valence-corrected chi connectivity index (χ0v) is 19.5. The smallest absolute Gasteiger partial charge is 0.253 e. The Morgan fingerprint density at radius 1 is 1.03 bits per heavy atom. The van der Waals surface area contributed by atoms with Crippen molar-refractivity contribution < 1.29 is 9.59 Å². The second kappa shape index (κ2) is 9.23. The highest BCUT2D eigenvalue weighted by atomic mass is 16.2. The van der Waals surface area contributed by atoms with Gasteiger partial charge in [0.25, 0.3) is 5.91 Å². The fraction of sp³-hybridized carbons (Fsp3) is 0.308. The third-order valence-electron chi connectivity index (χ3n) is 6.60. The molecule has 34 heavy (non-hydrogen) atoms. The van der Waals surface area contributed by atoms with Crippen molar-refractivity contribution >= 4 is 29.1 Å². The van der Waals surface area contributed by atoms with Gasteiger partial charge < -0.3 is 20.0 Å². The summed E-state index contributed by atoms with van der Waals surface area (Å²) in [6.45, 7) is 6.52. The first kappa shape index (κ1) is 22.0. The van der Waals surface area contributed by atoms with Gasteiger partial charge in [-0.3, -0.25) is 9.59 Å². The van der Waals surface area contributed by atoms with Crippen LogP contribution in [0.25, 0.3) is 11.3 Å². The van der Waals surface area contributed by atoms with Gasteiger partial charge in [-0.1, -0.05) is 25.1 Å². The Morgan fingerprint density at radius 3 is 2.50 bits per heavy atom. The van der Waals surface area contributed by atoms with Gasteiger partial charge in [0.1, 0.15) is 0 Å². The summed E-state index contributed by atoms with van der Waals surface area (Å²) in [5, 5.41) is 3.23. The minimum absolute atomic E-state index is 0.00636. The Kier molecular flexibility index (Phi) is 5.98. The number of fused-ring (bicyclic) bond motifs is 3. The largest absolute Gasteiger partial charge is 0.336 e. The lowest BCUT2D eigenvalue weighted by Crippen LogP contribution is -2.48. The van der Waals surface area contributed by atoms with Crippen LogP contribution in [-0.2, 0) is 11.2 Å². The molecular formula is C26H28N6O2. The molecule has 2 aromatic carbocycles. The van der Waals surface area contributed by atoms with Gasteiger partial charge in [-0.2, -0.15) is 0 Å². The number of nitrogens with zero attached hydrogens (tertiary/aromatic N) is 5. The zero-order chi connectivity index (χ0) is 23.7. The molecular weight excluding hydrogens is 428 g/mol. The predicted octanol–water partition coefficient (Wildman–Crippen LogP) is 3.18. The lowest BCUT2D eigenvalue weighted by Gasteiger charge is -2.34. The van der Waals surface area contributed by atoms with E-state index in [4.69, 9.17) is 4.98 Å². The van der Waals surface area contributed by atoms with Crippen molar-refractivity contribution in [2.75, 3.05) is 50.0 Å². The monoisotopic (exact) mass is 456 g/mol. The van der Waals surface area contributed by atoms with Crippen LogP contribution in [0.15, 0.2) is 54.7 Å². The van der Waals surface area contributed by atoms with Crippen LogP contribution in [0.1, 0.15) is 22.8 Å². The van der Waals surface area contributed by atoms with Crippen LogP contribution < -0.4 is 10.2 Å². The molecule has 5 rings (SSSR count). The zero-order valence-electron chi connectivity index (χ0n) is 19.5. The third-order valence-corrected chi connectivity index (χ3v) is 6.60. The molecule has 3 heterocycles. The number of aromatic nitrogens is 2. The molecule has 0 unspecified atom stereocenters. The number of anilines is 3. The molecule has 2 aliphatic heterocycles. The minimum atomic E-state index is 0.00636. The normalized spacial score (nSPS) is 16.0. The van der Waals surface area contributed by atoms with Gasteiger partial charge in [0, 0.05) is 61.8 Å². The highest BCUT2D eigenvalue weighted by molar-refractivity contribution is 6.01. The first-order valence-electron chi connectivity index (χ1n) is 11.6. The standard InChI is InChI=1S/C26H28N6O2/c1-3-31-12-14-32(15-13-31)25(34)18-8-10-20(11-9-18)28-26-27-17-19-16-23(33)30(2)22-7-5-4-6-21(22)24(19)29-26/h4-11,17H,3,12-16H2,1-2H3,(H,27,28,29). The molecule has 2 aliphatic rings. The van der Waals surface area contributed by atoms with Crippen molar-refractivity contribution in [3.8, 4) is 11.3 Å². The van der Waals surface area contributed by atoms with Gasteiger partial charge in [0.15, 0.2) is 0 Å². The second-order valence-electron chi connectivity index (χ2n) is 8.64. The van der Waals surface area contributed by atoms with E-state index in [0.29, 0.717) is 11.5 Å². The number of nitrogens with one attached hydrogen (secondary N) is 1. The SMILES string of the molecule is CCN1CCN(C(=O)c2ccc(Nc3ncc4c(n3)-c3ccccc3N(C)C(=O)C4)cc2)CC1. The Labute approximate surface area is 199 Å². The number of hydrogen-bond acceptors (Lipinski definition) is 6. The molecule has 1 fully saturated rings. The summed E-state index contributed by atoms with van der Waals surface area (Å²) in [5.74, 6) is 0.515. The van der Waals surface area contributed by atoms with E-state index in [1.165, 1.54) is 0 Å². The van der Waals surface area contributed by atoms with Crippen molar-refractivity contribution in [2.24, 2.45) is 0 Å². The van der Waals surface area contributed by atoms with Gasteiger partial charge >= 0.3 is 0 Å². The maximum atomic E-state index is 12.9. The maximum Gasteiger partial charge on any atom is 0.253 e. The van der Waals surface area contributed by atoms with Gasteiger partial charge in [0.05, 0.1) is 17.8 Å². The molecule has 1 N–H and O–H groups in total. The lowest BCUT2D eigenvalue weighted by molar-refractivity contribution is -0.117. The molecule has 0 atom stereocenters. The fourth-order valence-corrected chi connectivity index (χ4v) is 4.49. The minimum Gasteiger partial charge on any atom is -0.336 e. The first-order valence-corrected chi connectivity index (χ1v) is 11.6. The summed E-state index contributed by atoms with van der Waals surface area (Å²) in [6, 6.07) is 15.2. The van der Waals surface area contributed by atoms with Crippen molar-refractivity contribution in [1.82, 2.24) is 19.8 Å². The van der Waals surface area contributed by atoms with Crippen molar-refractivity contribution in [3.05, 3.63) is 65.9 Å². The first-order chi connectivity index (χ1) is 16.5. The second-order valence-corrected chi connectivity index (χ2v) is 8.64. The van der Waals surface area contributed by atoms with Gasteiger partial charge in [-0.25, -0.2) is 9.97 Å². The van der Waals surface area contributed by atoms with E-state index in [1.54, 1.807) is 18.1 Å². The molecule has 3 aromatic rings. The molecule has 0 spiro atoms. The molecule has 0 radical (unpaired) electrons. The number of likely N-dealkylation sites (N-methyl/N-ethyl adjacent to an activating group) is 2. The summed E-state index contributed by atoms with van der Waals surface area (Å²) >= 11 is 0. The Bertz CT molecular complexity index is 1220. The predicted molar refractivity (Wildman–Crippen MR) is 132 cm³/mol. The van der Waals surface area contributed by atoms with E-state index in [2.05, 4.69) is 22.1 Å². The highest BCUT2D eigenvalue weighted by Gasteiger charge is 2.25. The van der Waals surface area contributed by atoms with Crippen LogP contribution in [0.3, 0.4) is 0 Å². The summed E-state index contributed by atoms with van der Waals surface area (Å²) < 4.78 is 0. The number of benzene rings is 2.